The molecule has 1 aliphatic heterocycles. The van der Waals surface area contributed by atoms with Crippen molar-refractivity contribution in [2.45, 2.75) is 32.2 Å². The number of aryl methyl sites for hydroxylation is 1. The normalized spacial score (nSPS) is 14.8. The molecule has 2 rings (SSSR count). The summed E-state index contributed by atoms with van der Waals surface area (Å²) in [5, 5.41) is 0.578. The maximum absolute atomic E-state index is 11.6. The molecule has 0 spiro atoms. The van der Waals surface area contributed by atoms with E-state index in [-0.39, 0.29) is 19.3 Å². The van der Waals surface area contributed by atoms with Crippen molar-refractivity contribution in [3.63, 3.8) is 0 Å². The summed E-state index contributed by atoms with van der Waals surface area (Å²) in [6.45, 7) is 0.649. The number of aromatic nitrogens is 1. The van der Waals surface area contributed by atoms with Gasteiger partial charge in [0, 0.05) is 25.3 Å². The van der Waals surface area contributed by atoms with Crippen LogP contribution in [0.15, 0.2) is 29.0 Å². The Bertz CT molecular complexity index is 531. The van der Waals surface area contributed by atoms with Crippen LogP contribution in [0.5, 0.6) is 0 Å². The Morgan fingerprint density at radius 2 is 2.05 bits per heavy atom. The van der Waals surface area contributed by atoms with Gasteiger partial charge in [0.2, 0.25) is 0 Å². The highest BCUT2D eigenvalue weighted by molar-refractivity contribution is 9.10. The molecule has 20 heavy (non-hydrogen) atoms. The SMILES string of the molecule is O=C(CCC[n+]1cccc(Br)c1)ON1C(=O)CCC1=O. The molecule has 2 amide bonds. The van der Waals surface area contributed by atoms with Gasteiger partial charge in [-0.25, -0.2) is 9.36 Å². The highest BCUT2D eigenvalue weighted by Gasteiger charge is 2.32. The molecule has 1 fully saturated rings. The molecule has 1 aliphatic rings. The van der Waals surface area contributed by atoms with Crippen LogP contribution < -0.4 is 4.57 Å². The average Bonchev–Trinajstić information content (AvgIpc) is 2.71. The second-order valence-corrected chi connectivity index (χ2v) is 5.32. The molecule has 0 N–H and O–H groups in total. The third-order valence-corrected chi connectivity index (χ3v) is 3.29. The molecule has 0 unspecified atom stereocenters. The lowest BCUT2D eigenvalue weighted by molar-refractivity contribution is -0.697. The number of amides is 2. The number of carbonyl (C=O) groups is 3. The first kappa shape index (κ1) is 14.6. The molecule has 2 heterocycles. The second-order valence-electron chi connectivity index (χ2n) is 4.41. The molecule has 0 radical (unpaired) electrons. The third-order valence-electron chi connectivity index (χ3n) is 2.82. The molecular formula is C13H14BrN2O4+. The molecule has 1 aromatic heterocycles. The van der Waals surface area contributed by atoms with Gasteiger partial charge in [-0.2, -0.15) is 0 Å². The molecule has 1 aromatic rings. The Morgan fingerprint density at radius 3 is 2.70 bits per heavy atom. The molecule has 106 valence electrons. The molecule has 0 aromatic carbocycles. The van der Waals surface area contributed by atoms with Crippen molar-refractivity contribution in [3.05, 3.63) is 29.0 Å². The van der Waals surface area contributed by atoms with Crippen LogP contribution in [0, 0.1) is 0 Å². The lowest BCUT2D eigenvalue weighted by atomic mass is 10.3. The van der Waals surface area contributed by atoms with E-state index in [1.54, 1.807) is 0 Å². The van der Waals surface area contributed by atoms with Crippen molar-refractivity contribution < 1.29 is 23.8 Å². The number of imide groups is 1. The molecular weight excluding hydrogens is 328 g/mol. The van der Waals surface area contributed by atoms with Crippen LogP contribution in [0.4, 0.5) is 0 Å². The minimum atomic E-state index is -0.566. The fourth-order valence-corrected chi connectivity index (χ4v) is 2.26. The summed E-state index contributed by atoms with van der Waals surface area (Å²) in [7, 11) is 0. The zero-order valence-electron chi connectivity index (χ0n) is 10.8. The monoisotopic (exact) mass is 341 g/mol. The number of rotatable bonds is 5. The fraction of sp³-hybridized carbons (Fsp3) is 0.385. The molecule has 1 saturated heterocycles. The number of hydrogen-bond donors (Lipinski definition) is 0. The van der Waals surface area contributed by atoms with Gasteiger partial charge in [-0.15, -0.1) is 5.06 Å². The van der Waals surface area contributed by atoms with Crippen LogP contribution >= 0.6 is 15.9 Å². The summed E-state index contributed by atoms with van der Waals surface area (Å²) in [5.74, 6) is -1.47. The van der Waals surface area contributed by atoms with E-state index in [4.69, 9.17) is 4.84 Å². The number of hydrogen-bond acceptors (Lipinski definition) is 4. The molecule has 0 atom stereocenters. The summed E-state index contributed by atoms with van der Waals surface area (Å²) < 4.78 is 2.89. The van der Waals surface area contributed by atoms with Crippen LogP contribution in [0.2, 0.25) is 0 Å². The number of nitrogens with zero attached hydrogens (tertiary/aromatic N) is 2. The van der Waals surface area contributed by atoms with Gasteiger partial charge < -0.3 is 4.84 Å². The van der Waals surface area contributed by atoms with Crippen molar-refractivity contribution in [2.24, 2.45) is 0 Å². The summed E-state index contributed by atoms with van der Waals surface area (Å²) in [6.07, 6.45) is 4.73. The van der Waals surface area contributed by atoms with Crippen molar-refractivity contribution in [1.82, 2.24) is 5.06 Å². The molecule has 0 saturated carbocycles. The van der Waals surface area contributed by atoms with E-state index < -0.39 is 17.8 Å². The van der Waals surface area contributed by atoms with Gasteiger partial charge in [-0.3, -0.25) is 9.59 Å². The summed E-state index contributed by atoms with van der Waals surface area (Å²) in [4.78, 5) is 38.9. The Balaban J connectivity index is 1.75. The van der Waals surface area contributed by atoms with Gasteiger partial charge in [0.25, 0.3) is 11.8 Å². The maximum Gasteiger partial charge on any atom is 0.333 e. The maximum atomic E-state index is 11.6. The van der Waals surface area contributed by atoms with Gasteiger partial charge in [-0.05, 0) is 22.0 Å². The summed E-state index contributed by atoms with van der Waals surface area (Å²) in [5.41, 5.74) is 0. The molecule has 6 nitrogen and oxygen atoms in total. The van der Waals surface area contributed by atoms with Crippen molar-refractivity contribution in [2.75, 3.05) is 0 Å². The highest BCUT2D eigenvalue weighted by atomic mass is 79.9. The second kappa shape index (κ2) is 6.60. The van der Waals surface area contributed by atoms with Gasteiger partial charge >= 0.3 is 5.97 Å². The average molecular weight is 342 g/mol. The van der Waals surface area contributed by atoms with E-state index >= 15 is 0 Å². The number of pyridine rings is 1. The van der Waals surface area contributed by atoms with Crippen LogP contribution in [0.1, 0.15) is 25.7 Å². The molecule has 7 heteroatoms. The van der Waals surface area contributed by atoms with E-state index in [9.17, 15) is 14.4 Å². The highest BCUT2D eigenvalue weighted by Crippen LogP contribution is 2.12. The Kier molecular flexibility index (Phi) is 4.84. The van der Waals surface area contributed by atoms with Gasteiger partial charge in [-0.1, -0.05) is 0 Å². The largest absolute Gasteiger partial charge is 0.333 e. The van der Waals surface area contributed by atoms with Gasteiger partial charge in [0.15, 0.2) is 12.4 Å². The van der Waals surface area contributed by atoms with E-state index in [1.165, 1.54) is 0 Å². The molecule has 0 aliphatic carbocycles. The quantitative estimate of drug-likeness (QED) is 0.594. The number of halogens is 1. The van der Waals surface area contributed by atoms with E-state index in [1.807, 2.05) is 29.1 Å². The van der Waals surface area contributed by atoms with Gasteiger partial charge in [0.05, 0.1) is 10.9 Å². The lowest BCUT2D eigenvalue weighted by Gasteiger charge is -2.11. The lowest BCUT2D eigenvalue weighted by Crippen LogP contribution is -2.34. The standard InChI is InChI=1S/C13H14BrN2O4/c14-10-3-1-7-15(9-10)8-2-4-13(19)20-16-11(17)5-6-12(16)18/h1,3,7,9H,2,4-6,8H2/q+1. The number of carbonyl (C=O) groups excluding carboxylic acids is 3. The first-order valence-electron chi connectivity index (χ1n) is 6.27. The van der Waals surface area contributed by atoms with Crippen LogP contribution in [0.3, 0.4) is 0 Å². The van der Waals surface area contributed by atoms with Crippen LogP contribution in [-0.2, 0) is 25.8 Å². The number of hydroxylamine groups is 2. The Labute approximate surface area is 124 Å². The summed E-state index contributed by atoms with van der Waals surface area (Å²) in [6, 6.07) is 3.80. The fourth-order valence-electron chi connectivity index (χ4n) is 1.84. The van der Waals surface area contributed by atoms with Crippen molar-refractivity contribution >= 4 is 33.7 Å². The third kappa shape index (κ3) is 3.86. The smallest absolute Gasteiger partial charge is 0.330 e. The predicted molar refractivity (Wildman–Crippen MR) is 70.8 cm³/mol. The van der Waals surface area contributed by atoms with E-state index in [2.05, 4.69) is 15.9 Å². The molecule has 0 bridgehead atoms. The first-order chi connectivity index (χ1) is 9.56. The van der Waals surface area contributed by atoms with E-state index in [0.29, 0.717) is 18.0 Å². The van der Waals surface area contributed by atoms with Crippen LogP contribution in [0.25, 0.3) is 0 Å². The minimum absolute atomic E-state index is 0.111. The zero-order chi connectivity index (χ0) is 14.5. The topological polar surface area (TPSA) is 67.6 Å². The Morgan fingerprint density at radius 1 is 1.35 bits per heavy atom. The van der Waals surface area contributed by atoms with Gasteiger partial charge in [0.1, 0.15) is 6.54 Å². The Hall–Kier alpha value is -1.76. The first-order valence-corrected chi connectivity index (χ1v) is 7.07. The minimum Gasteiger partial charge on any atom is -0.330 e. The zero-order valence-corrected chi connectivity index (χ0v) is 12.3. The van der Waals surface area contributed by atoms with Crippen molar-refractivity contribution in [1.29, 1.82) is 0 Å². The predicted octanol–water partition coefficient (Wildman–Crippen LogP) is 1.12. The summed E-state index contributed by atoms with van der Waals surface area (Å²) >= 11 is 3.36. The van der Waals surface area contributed by atoms with Crippen LogP contribution in [-0.4, -0.2) is 22.8 Å². The van der Waals surface area contributed by atoms with E-state index in [0.717, 1.165) is 4.47 Å². The van der Waals surface area contributed by atoms with Crippen molar-refractivity contribution in [3.8, 4) is 0 Å².